The van der Waals surface area contributed by atoms with Crippen molar-refractivity contribution in [2.45, 2.75) is 51.5 Å². The van der Waals surface area contributed by atoms with Gasteiger partial charge in [0.25, 0.3) is 0 Å². The molecule has 2 nitrogen and oxygen atoms in total. The molecule has 0 aromatic heterocycles. The maximum atomic E-state index is 5.92. The van der Waals surface area contributed by atoms with Crippen LogP contribution in [-0.2, 0) is 0 Å². The minimum absolute atomic E-state index is 0.244. The number of rotatable bonds is 5. The Morgan fingerprint density at radius 2 is 2.07 bits per heavy atom. The Bertz CT molecular complexity index is 191. The Hall–Kier alpha value is -0.340. The van der Waals surface area contributed by atoms with Crippen LogP contribution in [-0.4, -0.2) is 18.6 Å². The third-order valence-electron chi connectivity index (χ3n) is 3.67. The van der Waals surface area contributed by atoms with Gasteiger partial charge < -0.3 is 11.1 Å². The molecule has 15 heavy (non-hydrogen) atoms. The first-order valence-electron chi connectivity index (χ1n) is 6.29. The highest BCUT2D eigenvalue weighted by Crippen LogP contribution is 2.31. The van der Waals surface area contributed by atoms with E-state index in [9.17, 15) is 0 Å². The Morgan fingerprint density at radius 1 is 1.40 bits per heavy atom. The van der Waals surface area contributed by atoms with E-state index in [-0.39, 0.29) is 5.54 Å². The van der Waals surface area contributed by atoms with Gasteiger partial charge in [0.1, 0.15) is 0 Å². The minimum Gasteiger partial charge on any atom is -0.329 e. The van der Waals surface area contributed by atoms with Crippen molar-refractivity contribution in [1.29, 1.82) is 0 Å². The van der Waals surface area contributed by atoms with Crippen molar-refractivity contribution in [3.8, 4) is 0 Å². The first-order valence-corrected chi connectivity index (χ1v) is 6.29. The molecule has 1 saturated carbocycles. The first kappa shape index (κ1) is 12.7. The summed E-state index contributed by atoms with van der Waals surface area (Å²) in [6.07, 6.45) is 10.6. The maximum Gasteiger partial charge on any atom is 0.0304 e. The smallest absolute Gasteiger partial charge is 0.0304 e. The summed E-state index contributed by atoms with van der Waals surface area (Å²) in [4.78, 5) is 0. The Kier molecular flexibility index (Phi) is 5.34. The Labute approximate surface area is 94.3 Å². The van der Waals surface area contributed by atoms with E-state index in [2.05, 4.69) is 31.3 Å². The van der Waals surface area contributed by atoms with Crippen molar-refractivity contribution in [1.82, 2.24) is 5.32 Å². The average molecular weight is 210 g/mol. The second kappa shape index (κ2) is 6.29. The normalized spacial score (nSPS) is 32.3. The van der Waals surface area contributed by atoms with Crippen molar-refractivity contribution in [3.05, 3.63) is 12.2 Å². The van der Waals surface area contributed by atoms with Gasteiger partial charge in [0.05, 0.1) is 0 Å². The highest BCUT2D eigenvalue weighted by Gasteiger charge is 2.31. The zero-order valence-electron chi connectivity index (χ0n) is 10.3. The molecule has 0 bridgehead atoms. The van der Waals surface area contributed by atoms with E-state index in [1.54, 1.807) is 0 Å². The average Bonchev–Trinajstić information content (AvgIpc) is 2.28. The van der Waals surface area contributed by atoms with Crippen molar-refractivity contribution in [2.75, 3.05) is 13.1 Å². The third kappa shape index (κ3) is 3.96. The largest absolute Gasteiger partial charge is 0.329 e. The summed E-state index contributed by atoms with van der Waals surface area (Å²) in [6, 6.07) is 0. The number of hydrogen-bond donors (Lipinski definition) is 2. The SMILES string of the molecule is C/C=C/CCNC1(CN)CCC(C)CC1. The van der Waals surface area contributed by atoms with Crippen LogP contribution in [0.15, 0.2) is 12.2 Å². The second-order valence-corrected chi connectivity index (χ2v) is 4.95. The van der Waals surface area contributed by atoms with Crippen LogP contribution in [0.5, 0.6) is 0 Å². The quantitative estimate of drug-likeness (QED) is 0.540. The van der Waals surface area contributed by atoms with E-state index in [1.807, 2.05) is 0 Å². The predicted octanol–water partition coefficient (Wildman–Crippen LogP) is 2.45. The van der Waals surface area contributed by atoms with E-state index in [1.165, 1.54) is 25.7 Å². The molecule has 1 fully saturated rings. The van der Waals surface area contributed by atoms with Gasteiger partial charge in [-0.1, -0.05) is 19.1 Å². The molecule has 0 amide bonds. The summed E-state index contributed by atoms with van der Waals surface area (Å²) in [6.45, 7) is 6.27. The lowest BCUT2D eigenvalue weighted by Gasteiger charge is -2.39. The van der Waals surface area contributed by atoms with E-state index < -0.39 is 0 Å². The highest BCUT2D eigenvalue weighted by molar-refractivity contribution is 4.93. The Morgan fingerprint density at radius 3 is 2.60 bits per heavy atom. The van der Waals surface area contributed by atoms with Crippen molar-refractivity contribution in [3.63, 3.8) is 0 Å². The zero-order valence-corrected chi connectivity index (χ0v) is 10.3. The van der Waals surface area contributed by atoms with Crippen LogP contribution in [0.1, 0.15) is 46.0 Å². The van der Waals surface area contributed by atoms with Crippen molar-refractivity contribution >= 4 is 0 Å². The number of hydrogen-bond acceptors (Lipinski definition) is 2. The molecule has 1 aliphatic rings. The molecule has 88 valence electrons. The summed E-state index contributed by atoms with van der Waals surface area (Å²) in [5, 5.41) is 3.66. The van der Waals surface area contributed by atoms with Crippen LogP contribution in [0.2, 0.25) is 0 Å². The first-order chi connectivity index (χ1) is 7.22. The van der Waals surface area contributed by atoms with E-state index >= 15 is 0 Å². The summed E-state index contributed by atoms with van der Waals surface area (Å²) < 4.78 is 0. The fourth-order valence-electron chi connectivity index (χ4n) is 2.36. The standard InChI is InChI=1S/C13H26N2/c1-3-4-5-10-15-13(11-14)8-6-12(2)7-9-13/h3-4,12,15H,5-11,14H2,1-2H3/b4-3+. The lowest BCUT2D eigenvalue weighted by Crippen LogP contribution is -2.53. The van der Waals surface area contributed by atoms with Crippen molar-refractivity contribution in [2.24, 2.45) is 11.7 Å². The molecule has 0 aromatic carbocycles. The molecule has 0 saturated heterocycles. The molecule has 2 heteroatoms. The lowest BCUT2D eigenvalue weighted by atomic mass is 9.77. The van der Waals surface area contributed by atoms with Gasteiger partial charge in [-0.25, -0.2) is 0 Å². The molecule has 0 spiro atoms. The third-order valence-corrected chi connectivity index (χ3v) is 3.67. The van der Waals surface area contributed by atoms with Crippen LogP contribution < -0.4 is 11.1 Å². The fourth-order valence-corrected chi connectivity index (χ4v) is 2.36. The van der Waals surface area contributed by atoms with Gasteiger partial charge >= 0.3 is 0 Å². The van der Waals surface area contributed by atoms with E-state index in [0.717, 1.165) is 25.4 Å². The predicted molar refractivity (Wildman–Crippen MR) is 66.9 cm³/mol. The molecule has 0 unspecified atom stereocenters. The lowest BCUT2D eigenvalue weighted by molar-refractivity contribution is 0.203. The molecular weight excluding hydrogens is 184 g/mol. The van der Waals surface area contributed by atoms with E-state index in [4.69, 9.17) is 5.73 Å². The molecule has 0 atom stereocenters. The van der Waals surface area contributed by atoms with Gasteiger partial charge in [-0.05, 0) is 51.5 Å². The number of nitrogens with two attached hydrogens (primary N) is 1. The Balaban J connectivity index is 2.33. The van der Waals surface area contributed by atoms with Gasteiger partial charge in [-0.2, -0.15) is 0 Å². The molecule has 0 aliphatic heterocycles. The molecule has 0 heterocycles. The zero-order chi connectivity index (χ0) is 11.1. The minimum atomic E-state index is 0.244. The topological polar surface area (TPSA) is 38.0 Å². The van der Waals surface area contributed by atoms with Gasteiger partial charge in [0.2, 0.25) is 0 Å². The van der Waals surface area contributed by atoms with Gasteiger partial charge in [-0.3, -0.25) is 0 Å². The van der Waals surface area contributed by atoms with Gasteiger partial charge in [0, 0.05) is 12.1 Å². The van der Waals surface area contributed by atoms with Crippen LogP contribution in [0, 0.1) is 5.92 Å². The maximum absolute atomic E-state index is 5.92. The van der Waals surface area contributed by atoms with Crippen LogP contribution >= 0.6 is 0 Å². The molecule has 1 aliphatic carbocycles. The van der Waals surface area contributed by atoms with Crippen molar-refractivity contribution < 1.29 is 0 Å². The molecule has 3 N–H and O–H groups in total. The van der Waals surface area contributed by atoms with Crippen LogP contribution in [0.25, 0.3) is 0 Å². The second-order valence-electron chi connectivity index (χ2n) is 4.95. The molecule has 0 radical (unpaired) electrons. The molecule has 1 rings (SSSR count). The molecule has 0 aromatic rings. The van der Waals surface area contributed by atoms with Crippen LogP contribution in [0.3, 0.4) is 0 Å². The highest BCUT2D eigenvalue weighted by atomic mass is 15.0. The van der Waals surface area contributed by atoms with Crippen LogP contribution in [0.4, 0.5) is 0 Å². The number of allylic oxidation sites excluding steroid dienone is 1. The summed E-state index contributed by atoms with van der Waals surface area (Å²) >= 11 is 0. The fraction of sp³-hybridized carbons (Fsp3) is 0.846. The molecular formula is C13H26N2. The monoisotopic (exact) mass is 210 g/mol. The van der Waals surface area contributed by atoms with Gasteiger partial charge in [0.15, 0.2) is 0 Å². The summed E-state index contributed by atoms with van der Waals surface area (Å²) in [5.74, 6) is 0.891. The van der Waals surface area contributed by atoms with Gasteiger partial charge in [-0.15, -0.1) is 0 Å². The summed E-state index contributed by atoms with van der Waals surface area (Å²) in [7, 11) is 0. The van der Waals surface area contributed by atoms with E-state index in [0.29, 0.717) is 0 Å². The number of nitrogens with one attached hydrogen (secondary N) is 1. The summed E-state index contributed by atoms with van der Waals surface area (Å²) in [5.41, 5.74) is 6.16.